The largest absolute Gasteiger partial charge is 0.508 e. The van der Waals surface area contributed by atoms with Gasteiger partial charge in [0.2, 0.25) is 0 Å². The Morgan fingerprint density at radius 2 is 1.48 bits per heavy atom. The molecule has 0 saturated heterocycles. The number of aliphatic carboxylic acids is 1. The number of aromatic hydroxyl groups is 1. The highest BCUT2D eigenvalue weighted by atomic mass is 16.4. The molecule has 0 spiro atoms. The van der Waals surface area contributed by atoms with Crippen LogP contribution in [0.2, 0.25) is 0 Å². The van der Waals surface area contributed by atoms with E-state index in [1.165, 1.54) is 38.5 Å². The van der Waals surface area contributed by atoms with Gasteiger partial charge in [-0.25, -0.2) is 0 Å². The molecule has 162 valence electrons. The second kappa shape index (κ2) is 16.9. The fourth-order valence-electron chi connectivity index (χ4n) is 3.42. The van der Waals surface area contributed by atoms with Gasteiger partial charge >= 0.3 is 5.97 Å². The third-order valence-corrected chi connectivity index (χ3v) is 5.32. The van der Waals surface area contributed by atoms with E-state index in [2.05, 4.69) is 31.2 Å². The number of aryl methyl sites for hydroxylation is 1. The predicted octanol–water partition coefficient (Wildman–Crippen LogP) is 7.45. The molecule has 1 unspecified atom stereocenters. The maximum absolute atomic E-state index is 11.5. The van der Waals surface area contributed by atoms with Gasteiger partial charge in [0.05, 0.1) is 5.92 Å². The van der Waals surface area contributed by atoms with E-state index < -0.39 is 5.97 Å². The molecule has 0 bridgehead atoms. The number of carboxylic acid groups (broad SMARTS) is 1. The number of hydrogen-bond acceptors (Lipinski definition) is 2. The summed E-state index contributed by atoms with van der Waals surface area (Å²) in [6.45, 7) is 2.23. The van der Waals surface area contributed by atoms with Crippen LogP contribution in [0, 0.1) is 5.92 Å². The normalized spacial score (nSPS) is 12.7. The smallest absolute Gasteiger partial charge is 0.306 e. The van der Waals surface area contributed by atoms with Gasteiger partial charge in [-0.15, -0.1) is 0 Å². The Labute approximate surface area is 177 Å². The Morgan fingerprint density at radius 1 is 0.862 bits per heavy atom. The molecule has 0 saturated carbocycles. The van der Waals surface area contributed by atoms with Crippen LogP contribution in [0.15, 0.2) is 48.6 Å². The fraction of sp³-hybridized carbons (Fsp3) is 0.577. The molecule has 3 heteroatoms. The molecule has 0 radical (unpaired) electrons. The second-order valence-corrected chi connectivity index (χ2v) is 7.91. The minimum absolute atomic E-state index is 0.247. The van der Waals surface area contributed by atoms with Crippen molar-refractivity contribution in [3.05, 3.63) is 54.1 Å². The molecule has 0 aliphatic carbocycles. The molecule has 1 aromatic rings. The summed E-state index contributed by atoms with van der Waals surface area (Å²) >= 11 is 0. The van der Waals surface area contributed by atoms with Crippen LogP contribution in [0.1, 0.15) is 89.5 Å². The van der Waals surface area contributed by atoms with Crippen molar-refractivity contribution in [3.63, 3.8) is 0 Å². The SMILES string of the molecule is CCCCC/C=C\C/C=C\CCCCCCC(CCc1ccc(O)cc1)C(=O)O. The van der Waals surface area contributed by atoms with E-state index in [0.717, 1.165) is 44.1 Å². The predicted molar refractivity (Wildman–Crippen MR) is 122 cm³/mol. The molecule has 0 aromatic heterocycles. The van der Waals surface area contributed by atoms with Crippen molar-refractivity contribution in [2.75, 3.05) is 0 Å². The number of phenolic OH excluding ortho intramolecular Hbond substituents is 1. The summed E-state index contributed by atoms with van der Waals surface area (Å²) in [6.07, 6.45) is 22.9. The number of carbonyl (C=O) groups is 1. The maximum Gasteiger partial charge on any atom is 0.306 e. The van der Waals surface area contributed by atoms with Gasteiger partial charge in [0, 0.05) is 0 Å². The van der Waals surface area contributed by atoms with E-state index >= 15 is 0 Å². The molecule has 29 heavy (non-hydrogen) atoms. The molecule has 1 atom stereocenters. The maximum atomic E-state index is 11.5. The van der Waals surface area contributed by atoms with Crippen molar-refractivity contribution in [2.45, 2.75) is 90.4 Å². The average Bonchev–Trinajstić information content (AvgIpc) is 2.71. The highest BCUT2D eigenvalue weighted by Crippen LogP contribution is 2.19. The van der Waals surface area contributed by atoms with Gasteiger partial charge in [-0.1, -0.05) is 75.5 Å². The van der Waals surface area contributed by atoms with E-state index in [9.17, 15) is 15.0 Å². The number of unbranched alkanes of at least 4 members (excludes halogenated alkanes) is 7. The van der Waals surface area contributed by atoms with Gasteiger partial charge in [0.15, 0.2) is 0 Å². The highest BCUT2D eigenvalue weighted by Gasteiger charge is 2.16. The second-order valence-electron chi connectivity index (χ2n) is 7.91. The Morgan fingerprint density at radius 3 is 2.10 bits per heavy atom. The van der Waals surface area contributed by atoms with Gasteiger partial charge in [0.1, 0.15) is 5.75 Å². The molecule has 0 aliphatic rings. The zero-order chi connectivity index (χ0) is 21.2. The van der Waals surface area contributed by atoms with Gasteiger partial charge in [-0.05, 0) is 69.1 Å². The quantitative estimate of drug-likeness (QED) is 0.211. The van der Waals surface area contributed by atoms with E-state index in [1.807, 2.05) is 12.1 Å². The van der Waals surface area contributed by atoms with Crippen molar-refractivity contribution in [1.82, 2.24) is 0 Å². The van der Waals surface area contributed by atoms with Crippen molar-refractivity contribution in [3.8, 4) is 5.75 Å². The summed E-state index contributed by atoms with van der Waals surface area (Å²) in [7, 11) is 0. The summed E-state index contributed by atoms with van der Waals surface area (Å²) in [6, 6.07) is 7.04. The fourth-order valence-corrected chi connectivity index (χ4v) is 3.42. The lowest BCUT2D eigenvalue weighted by atomic mass is 9.94. The Kier molecular flexibility index (Phi) is 14.6. The van der Waals surface area contributed by atoms with E-state index in [-0.39, 0.29) is 11.7 Å². The van der Waals surface area contributed by atoms with Crippen LogP contribution in [-0.4, -0.2) is 16.2 Å². The summed E-state index contributed by atoms with van der Waals surface area (Å²) in [4.78, 5) is 11.5. The molecule has 0 heterocycles. The van der Waals surface area contributed by atoms with Crippen LogP contribution in [0.3, 0.4) is 0 Å². The monoisotopic (exact) mass is 400 g/mol. The van der Waals surface area contributed by atoms with Crippen LogP contribution in [-0.2, 0) is 11.2 Å². The topological polar surface area (TPSA) is 57.5 Å². The number of benzene rings is 1. The van der Waals surface area contributed by atoms with Crippen molar-refractivity contribution in [2.24, 2.45) is 5.92 Å². The van der Waals surface area contributed by atoms with Crippen LogP contribution in [0.25, 0.3) is 0 Å². The third kappa shape index (κ3) is 13.7. The molecule has 1 aromatic carbocycles. The van der Waals surface area contributed by atoms with Gasteiger partial charge < -0.3 is 10.2 Å². The standard InChI is InChI=1S/C26H40O3/c1-2-3-4-5-6-7-8-9-10-11-12-13-14-15-16-24(26(28)29)20-17-23-18-21-25(27)22-19-23/h6-7,9-10,18-19,21-22,24,27H,2-5,8,11-17,20H2,1H3,(H,28,29)/b7-6-,10-9-. The van der Waals surface area contributed by atoms with E-state index in [1.54, 1.807) is 12.1 Å². The van der Waals surface area contributed by atoms with Crippen LogP contribution in [0.4, 0.5) is 0 Å². The minimum atomic E-state index is -0.686. The lowest BCUT2D eigenvalue weighted by molar-refractivity contribution is -0.142. The molecule has 3 nitrogen and oxygen atoms in total. The van der Waals surface area contributed by atoms with Crippen molar-refractivity contribution in [1.29, 1.82) is 0 Å². The molecule has 2 N–H and O–H groups in total. The molecule has 1 rings (SSSR count). The lowest BCUT2D eigenvalue weighted by Gasteiger charge is -2.12. The van der Waals surface area contributed by atoms with Gasteiger partial charge in [-0.3, -0.25) is 4.79 Å². The lowest BCUT2D eigenvalue weighted by Crippen LogP contribution is -2.14. The summed E-state index contributed by atoms with van der Waals surface area (Å²) in [5, 5.41) is 18.8. The Balaban J connectivity index is 2.05. The number of allylic oxidation sites excluding steroid dienone is 4. The molecular formula is C26H40O3. The first-order valence-electron chi connectivity index (χ1n) is 11.4. The van der Waals surface area contributed by atoms with Crippen molar-refractivity contribution >= 4 is 5.97 Å². The zero-order valence-corrected chi connectivity index (χ0v) is 18.2. The van der Waals surface area contributed by atoms with E-state index in [0.29, 0.717) is 6.42 Å². The van der Waals surface area contributed by atoms with Crippen LogP contribution < -0.4 is 0 Å². The van der Waals surface area contributed by atoms with Gasteiger partial charge in [-0.2, -0.15) is 0 Å². The Hall–Kier alpha value is -2.03. The highest BCUT2D eigenvalue weighted by molar-refractivity contribution is 5.69. The van der Waals surface area contributed by atoms with Crippen LogP contribution >= 0.6 is 0 Å². The first kappa shape index (κ1) is 25.0. The number of rotatable bonds is 17. The molecular weight excluding hydrogens is 360 g/mol. The summed E-state index contributed by atoms with van der Waals surface area (Å²) in [5.74, 6) is -0.709. The summed E-state index contributed by atoms with van der Waals surface area (Å²) in [5.41, 5.74) is 1.08. The number of phenols is 1. The zero-order valence-electron chi connectivity index (χ0n) is 18.2. The van der Waals surface area contributed by atoms with E-state index in [4.69, 9.17) is 0 Å². The van der Waals surface area contributed by atoms with Gasteiger partial charge in [0.25, 0.3) is 0 Å². The third-order valence-electron chi connectivity index (χ3n) is 5.32. The Bertz CT molecular complexity index is 586. The molecule has 0 aliphatic heterocycles. The van der Waals surface area contributed by atoms with Crippen LogP contribution in [0.5, 0.6) is 5.75 Å². The molecule has 0 amide bonds. The molecule has 0 fully saturated rings. The minimum Gasteiger partial charge on any atom is -0.508 e. The average molecular weight is 401 g/mol. The first-order valence-corrected chi connectivity index (χ1v) is 11.4. The summed E-state index contributed by atoms with van der Waals surface area (Å²) < 4.78 is 0. The number of hydrogen-bond donors (Lipinski definition) is 2. The van der Waals surface area contributed by atoms with Crippen molar-refractivity contribution < 1.29 is 15.0 Å². The number of carboxylic acids is 1. The first-order chi connectivity index (χ1) is 14.1.